The first-order chi connectivity index (χ1) is 12.3. The molecule has 4 aromatic carbocycles. The van der Waals surface area contributed by atoms with Gasteiger partial charge in [-0.25, -0.2) is 0 Å². The molecule has 1 heterocycles. The average Bonchev–Trinajstić information content (AvgIpc) is 3.05. The van der Waals surface area contributed by atoms with Crippen molar-refractivity contribution in [2.24, 2.45) is 0 Å². The highest BCUT2D eigenvalue weighted by Crippen LogP contribution is 2.38. The monoisotopic (exact) mass is 322 g/mol. The van der Waals surface area contributed by atoms with Crippen molar-refractivity contribution < 1.29 is 4.42 Å². The second-order valence-electron chi connectivity index (χ2n) is 6.68. The van der Waals surface area contributed by atoms with Gasteiger partial charge in [-0.1, -0.05) is 72.8 Å². The third-order valence-corrected chi connectivity index (χ3v) is 4.99. The molecule has 0 N–H and O–H groups in total. The normalized spacial score (nSPS) is 11.6. The van der Waals surface area contributed by atoms with Crippen molar-refractivity contribution in [1.29, 1.82) is 0 Å². The summed E-state index contributed by atoms with van der Waals surface area (Å²) in [6, 6.07) is 27.9. The van der Waals surface area contributed by atoms with Crippen molar-refractivity contribution in [2.45, 2.75) is 13.3 Å². The standard InChI is InChI=1S/C24H18O/c1-16-14-18-10-5-6-12-20(18)22-21-13-7-11-19(24(21)25-23(16)22)15-17-8-3-2-4-9-17/h2-14H,15H2,1H3. The lowest BCUT2D eigenvalue weighted by atomic mass is 9.98. The Hall–Kier alpha value is -3.06. The van der Waals surface area contributed by atoms with Crippen molar-refractivity contribution in [2.75, 3.05) is 0 Å². The van der Waals surface area contributed by atoms with Gasteiger partial charge in [-0.3, -0.25) is 0 Å². The van der Waals surface area contributed by atoms with Gasteiger partial charge in [-0.2, -0.15) is 0 Å². The molecule has 5 aromatic rings. The Morgan fingerprint density at radius 1 is 0.720 bits per heavy atom. The van der Waals surface area contributed by atoms with E-state index >= 15 is 0 Å². The highest BCUT2D eigenvalue weighted by Gasteiger charge is 2.15. The van der Waals surface area contributed by atoms with Crippen LogP contribution >= 0.6 is 0 Å². The molecular weight excluding hydrogens is 304 g/mol. The minimum atomic E-state index is 0.884. The highest BCUT2D eigenvalue weighted by molar-refractivity contribution is 6.20. The summed E-state index contributed by atoms with van der Waals surface area (Å²) in [4.78, 5) is 0. The van der Waals surface area contributed by atoms with Crippen LogP contribution in [0.3, 0.4) is 0 Å². The van der Waals surface area contributed by atoms with E-state index in [1.165, 1.54) is 38.2 Å². The maximum atomic E-state index is 6.39. The first-order valence-electron chi connectivity index (χ1n) is 8.67. The number of rotatable bonds is 2. The Morgan fingerprint density at radius 3 is 2.36 bits per heavy atom. The lowest BCUT2D eigenvalue weighted by molar-refractivity contribution is 0.661. The molecule has 0 unspecified atom stereocenters. The molecule has 0 fully saturated rings. The van der Waals surface area contributed by atoms with Crippen molar-refractivity contribution >= 4 is 32.7 Å². The summed E-state index contributed by atoms with van der Waals surface area (Å²) in [5.74, 6) is 0. The number of para-hydroxylation sites is 1. The van der Waals surface area contributed by atoms with E-state index in [9.17, 15) is 0 Å². The zero-order valence-electron chi connectivity index (χ0n) is 14.1. The Labute approximate surface area is 146 Å². The summed E-state index contributed by atoms with van der Waals surface area (Å²) in [5, 5.41) is 4.98. The summed E-state index contributed by atoms with van der Waals surface area (Å²) < 4.78 is 6.39. The number of aryl methyl sites for hydroxylation is 1. The van der Waals surface area contributed by atoms with Gasteiger partial charge in [-0.05, 0) is 40.5 Å². The molecule has 120 valence electrons. The minimum absolute atomic E-state index is 0.884. The van der Waals surface area contributed by atoms with Crippen molar-refractivity contribution in [3.8, 4) is 0 Å². The molecule has 0 aliphatic heterocycles. The SMILES string of the molecule is Cc1cc2ccccc2c2c1oc1c(Cc3ccccc3)cccc12. The van der Waals surface area contributed by atoms with Crippen LogP contribution in [0.25, 0.3) is 32.7 Å². The third kappa shape index (κ3) is 2.24. The lowest BCUT2D eigenvalue weighted by Gasteiger charge is -2.03. The van der Waals surface area contributed by atoms with Crippen LogP contribution in [0, 0.1) is 6.92 Å². The fourth-order valence-corrected chi connectivity index (χ4v) is 3.83. The zero-order chi connectivity index (χ0) is 16.8. The van der Waals surface area contributed by atoms with Gasteiger partial charge >= 0.3 is 0 Å². The Bertz CT molecular complexity index is 1210. The quantitative estimate of drug-likeness (QED) is 0.355. The van der Waals surface area contributed by atoms with Crippen LogP contribution in [0.15, 0.2) is 83.3 Å². The first kappa shape index (κ1) is 14.3. The van der Waals surface area contributed by atoms with Crippen molar-refractivity contribution in [3.63, 3.8) is 0 Å². The Balaban J connectivity index is 1.84. The predicted octanol–water partition coefficient (Wildman–Crippen LogP) is 6.64. The van der Waals surface area contributed by atoms with Crippen LogP contribution in [-0.2, 0) is 6.42 Å². The van der Waals surface area contributed by atoms with Gasteiger partial charge in [-0.15, -0.1) is 0 Å². The molecule has 0 saturated carbocycles. The van der Waals surface area contributed by atoms with E-state index in [-0.39, 0.29) is 0 Å². The van der Waals surface area contributed by atoms with Crippen LogP contribution in [0.1, 0.15) is 16.7 Å². The Kier molecular flexibility index (Phi) is 3.14. The van der Waals surface area contributed by atoms with Crippen LogP contribution in [0.2, 0.25) is 0 Å². The van der Waals surface area contributed by atoms with E-state index in [1.54, 1.807) is 0 Å². The van der Waals surface area contributed by atoms with Crippen molar-refractivity contribution in [1.82, 2.24) is 0 Å². The number of furan rings is 1. The van der Waals surface area contributed by atoms with E-state index in [0.717, 1.165) is 17.6 Å². The molecule has 0 aliphatic rings. The topological polar surface area (TPSA) is 13.1 Å². The van der Waals surface area contributed by atoms with Gasteiger partial charge in [0.05, 0.1) is 0 Å². The Morgan fingerprint density at radius 2 is 1.48 bits per heavy atom. The third-order valence-electron chi connectivity index (χ3n) is 4.99. The largest absolute Gasteiger partial charge is 0.455 e. The number of hydrogen-bond acceptors (Lipinski definition) is 1. The number of hydrogen-bond donors (Lipinski definition) is 0. The molecule has 0 amide bonds. The average molecular weight is 322 g/mol. The molecule has 25 heavy (non-hydrogen) atoms. The maximum absolute atomic E-state index is 6.39. The lowest BCUT2D eigenvalue weighted by Crippen LogP contribution is -1.87. The van der Waals surface area contributed by atoms with E-state index in [0.29, 0.717) is 0 Å². The maximum Gasteiger partial charge on any atom is 0.138 e. The van der Waals surface area contributed by atoms with Crippen molar-refractivity contribution in [3.05, 3.63) is 95.6 Å². The highest BCUT2D eigenvalue weighted by atomic mass is 16.3. The minimum Gasteiger partial charge on any atom is -0.455 e. The van der Waals surface area contributed by atoms with Crippen LogP contribution in [0.4, 0.5) is 0 Å². The predicted molar refractivity (Wildman–Crippen MR) is 105 cm³/mol. The molecule has 0 saturated heterocycles. The molecule has 0 aliphatic carbocycles. The van der Waals surface area contributed by atoms with Gasteiger partial charge in [0.1, 0.15) is 11.2 Å². The molecule has 1 aromatic heterocycles. The summed E-state index contributed by atoms with van der Waals surface area (Å²) in [6.07, 6.45) is 0.884. The molecule has 0 bridgehead atoms. The molecule has 5 rings (SSSR count). The number of fused-ring (bicyclic) bond motifs is 5. The van der Waals surface area contributed by atoms with Crippen LogP contribution in [-0.4, -0.2) is 0 Å². The van der Waals surface area contributed by atoms with Gasteiger partial charge in [0.2, 0.25) is 0 Å². The van der Waals surface area contributed by atoms with Gasteiger partial charge in [0.15, 0.2) is 0 Å². The van der Waals surface area contributed by atoms with Gasteiger partial charge in [0.25, 0.3) is 0 Å². The molecule has 1 nitrogen and oxygen atoms in total. The van der Waals surface area contributed by atoms with Gasteiger partial charge in [0, 0.05) is 17.2 Å². The zero-order valence-corrected chi connectivity index (χ0v) is 14.1. The second-order valence-corrected chi connectivity index (χ2v) is 6.68. The molecule has 1 heteroatoms. The molecule has 0 spiro atoms. The molecule has 0 radical (unpaired) electrons. The summed E-state index contributed by atoms with van der Waals surface area (Å²) in [6.45, 7) is 2.13. The second kappa shape index (κ2) is 5.49. The summed E-state index contributed by atoms with van der Waals surface area (Å²) >= 11 is 0. The smallest absolute Gasteiger partial charge is 0.138 e. The first-order valence-corrected chi connectivity index (χ1v) is 8.67. The molecular formula is C24H18O. The van der Waals surface area contributed by atoms with Crippen LogP contribution < -0.4 is 0 Å². The number of benzene rings is 4. The fraction of sp³-hybridized carbons (Fsp3) is 0.0833. The van der Waals surface area contributed by atoms with E-state index in [2.05, 4.69) is 85.8 Å². The summed E-state index contributed by atoms with van der Waals surface area (Å²) in [7, 11) is 0. The van der Waals surface area contributed by atoms with E-state index < -0.39 is 0 Å². The van der Waals surface area contributed by atoms with Gasteiger partial charge < -0.3 is 4.42 Å². The molecule has 0 atom stereocenters. The van der Waals surface area contributed by atoms with Crippen LogP contribution in [0.5, 0.6) is 0 Å². The van der Waals surface area contributed by atoms with E-state index in [4.69, 9.17) is 4.42 Å². The van der Waals surface area contributed by atoms with E-state index in [1.807, 2.05) is 0 Å². The summed E-state index contributed by atoms with van der Waals surface area (Å²) in [5.41, 5.74) is 5.76. The fourth-order valence-electron chi connectivity index (χ4n) is 3.83.